The lowest BCUT2D eigenvalue weighted by Gasteiger charge is -2.20. The van der Waals surface area contributed by atoms with Crippen molar-refractivity contribution in [1.82, 2.24) is 0 Å². The third-order valence-electron chi connectivity index (χ3n) is 1.75. The van der Waals surface area contributed by atoms with Crippen LogP contribution in [-0.2, 0) is 6.42 Å². The van der Waals surface area contributed by atoms with E-state index in [1.54, 1.807) is 10.4 Å². The lowest BCUT2D eigenvalue weighted by atomic mass is 9.87. The summed E-state index contributed by atoms with van der Waals surface area (Å²) in [6, 6.07) is 2.24. The van der Waals surface area contributed by atoms with Gasteiger partial charge in [0.25, 0.3) is 0 Å². The van der Waals surface area contributed by atoms with E-state index in [9.17, 15) is 0 Å². The van der Waals surface area contributed by atoms with Crippen molar-refractivity contribution in [3.05, 3.63) is 21.9 Å². The molecule has 0 saturated carbocycles. The van der Waals surface area contributed by atoms with Crippen LogP contribution in [-0.4, -0.2) is 0 Å². The Labute approximate surface area is 80.6 Å². The number of thiophene rings is 1. The summed E-state index contributed by atoms with van der Waals surface area (Å²) >= 11 is 1.90. The van der Waals surface area contributed by atoms with Crippen molar-refractivity contribution in [3.8, 4) is 0 Å². The van der Waals surface area contributed by atoms with Crippen molar-refractivity contribution in [1.29, 1.82) is 0 Å². The minimum atomic E-state index is 0.866. The molecule has 1 heteroatoms. The van der Waals surface area contributed by atoms with Crippen molar-refractivity contribution in [2.75, 3.05) is 0 Å². The van der Waals surface area contributed by atoms with Gasteiger partial charge in [-0.3, -0.25) is 0 Å². The first-order valence-electron chi connectivity index (χ1n) is 4.94. The predicted molar refractivity (Wildman–Crippen MR) is 59.1 cm³/mol. The van der Waals surface area contributed by atoms with E-state index < -0.39 is 0 Å². The van der Waals surface area contributed by atoms with E-state index >= 15 is 0 Å². The summed E-state index contributed by atoms with van der Waals surface area (Å²) < 4.78 is 0. The smallest absolute Gasteiger partial charge is 0.0109 e. The molecule has 0 amide bonds. The highest BCUT2D eigenvalue weighted by Crippen LogP contribution is 2.38. The molecular weight excluding hydrogens is 164 g/mol. The van der Waals surface area contributed by atoms with Crippen LogP contribution < -0.4 is 0 Å². The lowest BCUT2D eigenvalue weighted by molar-refractivity contribution is 0.690. The monoisotopic (exact) mass is 184 g/mol. The van der Waals surface area contributed by atoms with Crippen LogP contribution in [0.1, 0.15) is 51.0 Å². The van der Waals surface area contributed by atoms with Gasteiger partial charge in [0.05, 0.1) is 0 Å². The lowest BCUT2D eigenvalue weighted by Crippen LogP contribution is -2.08. The molecule has 2 rings (SSSR count). The van der Waals surface area contributed by atoms with Crippen LogP contribution in [0.2, 0.25) is 0 Å². The quantitative estimate of drug-likeness (QED) is 0.558. The van der Waals surface area contributed by atoms with Gasteiger partial charge in [0.2, 0.25) is 0 Å². The maximum Gasteiger partial charge on any atom is 0.0109 e. The van der Waals surface area contributed by atoms with Gasteiger partial charge in [-0.2, -0.15) is 0 Å². The molecule has 0 fully saturated rings. The molecular formula is C11H20S. The zero-order valence-corrected chi connectivity index (χ0v) is 9.66. The Bertz CT molecular complexity index is 201. The summed E-state index contributed by atoms with van der Waals surface area (Å²) in [5.74, 6) is 0.866. The summed E-state index contributed by atoms with van der Waals surface area (Å²) in [4.78, 5) is 1.62. The maximum atomic E-state index is 2.29. The summed E-state index contributed by atoms with van der Waals surface area (Å²) in [5.41, 5.74) is 1.59. The van der Waals surface area contributed by atoms with Crippen LogP contribution in [0.25, 0.3) is 0 Å². The van der Waals surface area contributed by atoms with Gasteiger partial charge in [-0.05, 0) is 29.3 Å². The molecule has 1 aromatic rings. The van der Waals surface area contributed by atoms with Gasteiger partial charge < -0.3 is 0 Å². The molecule has 0 spiro atoms. The molecule has 0 bridgehead atoms. The summed E-state index contributed by atoms with van der Waals surface area (Å²) in [6.45, 7) is 10.3. The zero-order chi connectivity index (χ0) is 9.56. The Morgan fingerprint density at radius 1 is 1.25 bits per heavy atom. The van der Waals surface area contributed by atoms with E-state index in [4.69, 9.17) is 0 Å². The van der Waals surface area contributed by atoms with E-state index in [0.29, 0.717) is 0 Å². The first-order valence-corrected chi connectivity index (χ1v) is 5.82. The molecule has 1 heterocycles. The van der Waals surface area contributed by atoms with E-state index in [0.717, 1.165) is 5.92 Å². The first-order chi connectivity index (χ1) is 5.88. The summed E-state index contributed by atoms with van der Waals surface area (Å²) in [6.07, 6.45) is 1.32. The zero-order valence-electron chi connectivity index (χ0n) is 8.85. The van der Waals surface area contributed by atoms with Gasteiger partial charge in [-0.15, -0.1) is 11.3 Å². The van der Waals surface area contributed by atoms with Crippen LogP contribution >= 0.6 is 11.3 Å². The van der Waals surface area contributed by atoms with Crippen LogP contribution in [0, 0.1) is 0 Å². The fourth-order valence-corrected chi connectivity index (χ4v) is 2.24. The highest BCUT2D eigenvalue weighted by atomic mass is 32.1. The Hall–Kier alpha value is -0.300. The van der Waals surface area contributed by atoms with Crippen LogP contribution in [0.15, 0.2) is 11.4 Å². The highest BCUT2D eigenvalue weighted by molar-refractivity contribution is 7.10. The minimum Gasteiger partial charge on any atom is -0.148 e. The van der Waals surface area contributed by atoms with Gasteiger partial charge in [-0.1, -0.05) is 34.6 Å². The van der Waals surface area contributed by atoms with Gasteiger partial charge in [0.15, 0.2) is 0 Å². The molecule has 1 aromatic heterocycles. The summed E-state index contributed by atoms with van der Waals surface area (Å²) in [7, 11) is 0. The van der Waals surface area contributed by atoms with Crippen molar-refractivity contribution in [2.45, 2.75) is 47.0 Å². The Balaban J connectivity index is 0.000000269. The average molecular weight is 184 g/mol. The highest BCUT2D eigenvalue weighted by Gasteiger charge is 2.22. The Morgan fingerprint density at radius 2 is 1.83 bits per heavy atom. The Morgan fingerprint density at radius 3 is 2.17 bits per heavy atom. The van der Waals surface area contributed by atoms with E-state index in [2.05, 4.69) is 18.4 Å². The number of fused-ring (bicyclic) bond motifs is 1. The number of hydrogen-bond acceptors (Lipinski definition) is 1. The van der Waals surface area contributed by atoms with Crippen LogP contribution in [0.4, 0.5) is 0 Å². The molecule has 0 aromatic carbocycles. The molecule has 0 saturated heterocycles. The van der Waals surface area contributed by atoms with Gasteiger partial charge in [0.1, 0.15) is 0 Å². The molecule has 0 aliphatic heterocycles. The third kappa shape index (κ3) is 2.34. The second-order valence-electron chi connectivity index (χ2n) is 2.42. The molecule has 1 aliphatic rings. The maximum absolute atomic E-state index is 2.29. The van der Waals surface area contributed by atoms with Crippen LogP contribution in [0.3, 0.4) is 0 Å². The van der Waals surface area contributed by atoms with Crippen molar-refractivity contribution in [2.24, 2.45) is 0 Å². The van der Waals surface area contributed by atoms with Crippen LogP contribution in [0.5, 0.6) is 0 Å². The van der Waals surface area contributed by atoms with Gasteiger partial charge in [-0.25, -0.2) is 0 Å². The largest absolute Gasteiger partial charge is 0.148 e. The Kier molecular flexibility index (Phi) is 6.09. The van der Waals surface area contributed by atoms with Gasteiger partial charge in [0, 0.05) is 4.88 Å². The second kappa shape index (κ2) is 6.24. The van der Waals surface area contributed by atoms with Crippen molar-refractivity contribution in [3.63, 3.8) is 0 Å². The van der Waals surface area contributed by atoms with Crippen molar-refractivity contribution < 1.29 is 0 Å². The molecule has 1 unspecified atom stereocenters. The topological polar surface area (TPSA) is 0 Å². The third-order valence-corrected chi connectivity index (χ3v) is 2.95. The number of rotatable bonds is 0. The molecule has 0 N–H and O–H groups in total. The molecule has 0 radical (unpaired) electrons. The summed E-state index contributed by atoms with van der Waals surface area (Å²) in [5, 5.41) is 2.19. The standard InChI is InChI=1S/C7H8S.2C2H6/c1-5-4-6-2-3-8-7(5)6;2*1-2/h2-3,5H,4H2,1H3;2*1-2H3. The molecule has 1 aliphatic carbocycles. The first kappa shape index (κ1) is 11.7. The molecule has 0 nitrogen and oxygen atoms in total. The fraction of sp³-hybridized carbons (Fsp3) is 0.636. The SMILES string of the molecule is CC.CC.CC1Cc2ccsc21. The second-order valence-corrected chi connectivity index (χ2v) is 3.36. The fourth-order valence-electron chi connectivity index (χ4n) is 1.24. The van der Waals surface area contributed by atoms with E-state index in [-0.39, 0.29) is 0 Å². The normalized spacial score (nSPS) is 17.2. The molecule has 12 heavy (non-hydrogen) atoms. The van der Waals surface area contributed by atoms with Gasteiger partial charge >= 0.3 is 0 Å². The minimum absolute atomic E-state index is 0.866. The average Bonchev–Trinajstić information content (AvgIpc) is 2.53. The molecule has 1 atom stereocenters. The predicted octanol–water partition coefficient (Wildman–Crippen LogP) is 4.46. The van der Waals surface area contributed by atoms with E-state index in [1.165, 1.54) is 6.42 Å². The number of hydrogen-bond donors (Lipinski definition) is 0. The van der Waals surface area contributed by atoms with E-state index in [1.807, 2.05) is 39.0 Å². The molecule has 70 valence electrons. The van der Waals surface area contributed by atoms with Crippen molar-refractivity contribution >= 4 is 11.3 Å².